The first-order valence-corrected chi connectivity index (χ1v) is 9.35. The fourth-order valence-corrected chi connectivity index (χ4v) is 3.85. The van der Waals surface area contributed by atoms with E-state index >= 15 is 0 Å². The SMILES string of the molecule is Cc1cc2ncc(C(=O)N3CCCC(c4nccn4C(C)C)C3)c(=O)n2[nH]1. The number of H-pyrrole nitrogens is 1. The number of rotatable bonds is 3. The summed E-state index contributed by atoms with van der Waals surface area (Å²) in [5.74, 6) is 0.918. The number of aromatic nitrogens is 5. The molecule has 3 aromatic rings. The molecule has 1 saturated heterocycles. The van der Waals surface area contributed by atoms with Gasteiger partial charge in [-0.3, -0.25) is 14.7 Å². The zero-order chi connectivity index (χ0) is 19.1. The fraction of sp³-hybridized carbons (Fsp3) is 0.474. The van der Waals surface area contributed by atoms with Crippen molar-refractivity contribution >= 4 is 11.6 Å². The number of hydrogen-bond acceptors (Lipinski definition) is 4. The average molecular weight is 368 g/mol. The van der Waals surface area contributed by atoms with Crippen LogP contribution in [0.3, 0.4) is 0 Å². The second-order valence-corrected chi connectivity index (χ2v) is 7.49. The Morgan fingerprint density at radius 3 is 2.93 bits per heavy atom. The third-order valence-corrected chi connectivity index (χ3v) is 5.18. The van der Waals surface area contributed by atoms with Crippen LogP contribution in [0.5, 0.6) is 0 Å². The summed E-state index contributed by atoms with van der Waals surface area (Å²) in [6.07, 6.45) is 7.07. The van der Waals surface area contributed by atoms with Gasteiger partial charge in [-0.05, 0) is 33.6 Å². The van der Waals surface area contributed by atoms with Gasteiger partial charge in [0.05, 0.1) is 0 Å². The van der Waals surface area contributed by atoms with Gasteiger partial charge in [0.2, 0.25) is 0 Å². The van der Waals surface area contributed by atoms with E-state index in [2.05, 4.69) is 33.5 Å². The minimum Gasteiger partial charge on any atom is -0.338 e. The van der Waals surface area contributed by atoms with Crippen LogP contribution in [0.1, 0.15) is 60.5 Å². The number of likely N-dealkylation sites (tertiary alicyclic amines) is 1. The molecule has 8 nitrogen and oxygen atoms in total. The topological polar surface area (TPSA) is 88.3 Å². The molecule has 0 aliphatic carbocycles. The number of piperidine rings is 1. The fourth-order valence-electron chi connectivity index (χ4n) is 3.85. The number of aromatic amines is 1. The Balaban J connectivity index is 1.61. The van der Waals surface area contributed by atoms with E-state index in [-0.39, 0.29) is 22.9 Å². The van der Waals surface area contributed by atoms with Crippen LogP contribution in [0, 0.1) is 6.92 Å². The highest BCUT2D eigenvalue weighted by Gasteiger charge is 2.30. The molecular weight excluding hydrogens is 344 g/mol. The first-order valence-electron chi connectivity index (χ1n) is 9.35. The maximum atomic E-state index is 13.0. The van der Waals surface area contributed by atoms with Crippen LogP contribution in [-0.4, -0.2) is 48.0 Å². The minimum absolute atomic E-state index is 0.0993. The summed E-state index contributed by atoms with van der Waals surface area (Å²) in [7, 11) is 0. The van der Waals surface area contributed by atoms with Crippen molar-refractivity contribution in [1.29, 1.82) is 0 Å². The highest BCUT2D eigenvalue weighted by atomic mass is 16.2. The quantitative estimate of drug-likeness (QED) is 0.767. The first kappa shape index (κ1) is 17.5. The summed E-state index contributed by atoms with van der Waals surface area (Å²) in [5.41, 5.74) is 1.08. The molecular formula is C19H24N6O2. The van der Waals surface area contributed by atoms with E-state index < -0.39 is 0 Å². The second-order valence-electron chi connectivity index (χ2n) is 7.49. The zero-order valence-electron chi connectivity index (χ0n) is 15.8. The Kier molecular flexibility index (Phi) is 4.33. The lowest BCUT2D eigenvalue weighted by molar-refractivity contribution is 0.0700. The van der Waals surface area contributed by atoms with Gasteiger partial charge >= 0.3 is 0 Å². The number of carbonyl (C=O) groups excluding carboxylic acids is 1. The number of hydrogen-bond donors (Lipinski definition) is 1. The van der Waals surface area contributed by atoms with E-state index in [9.17, 15) is 9.59 Å². The van der Waals surface area contributed by atoms with Gasteiger partial charge in [-0.2, -0.15) is 0 Å². The normalized spacial score (nSPS) is 17.8. The minimum atomic E-state index is -0.357. The number of amides is 1. The molecule has 1 aliphatic heterocycles. The molecule has 4 heterocycles. The predicted octanol–water partition coefficient (Wildman–Crippen LogP) is 2.13. The molecule has 3 aromatic heterocycles. The summed E-state index contributed by atoms with van der Waals surface area (Å²) in [5, 5.41) is 2.93. The Bertz CT molecular complexity index is 1040. The van der Waals surface area contributed by atoms with Gasteiger partial charge in [-0.1, -0.05) is 0 Å². The summed E-state index contributed by atoms with van der Waals surface area (Å²) in [6, 6.07) is 2.10. The first-order chi connectivity index (χ1) is 13.0. The van der Waals surface area contributed by atoms with Crippen LogP contribution in [0.15, 0.2) is 29.5 Å². The molecule has 4 rings (SSSR count). The third-order valence-electron chi connectivity index (χ3n) is 5.18. The summed E-state index contributed by atoms with van der Waals surface area (Å²) < 4.78 is 3.48. The molecule has 27 heavy (non-hydrogen) atoms. The summed E-state index contributed by atoms with van der Waals surface area (Å²) >= 11 is 0. The van der Waals surface area contributed by atoms with E-state index in [1.165, 1.54) is 10.7 Å². The molecule has 0 saturated carbocycles. The number of carbonyl (C=O) groups is 1. The van der Waals surface area contributed by atoms with Crippen molar-refractivity contribution in [2.75, 3.05) is 13.1 Å². The van der Waals surface area contributed by atoms with Gasteiger partial charge in [0.15, 0.2) is 5.65 Å². The Morgan fingerprint density at radius 2 is 2.15 bits per heavy atom. The van der Waals surface area contributed by atoms with E-state index in [4.69, 9.17) is 0 Å². The zero-order valence-corrected chi connectivity index (χ0v) is 15.8. The van der Waals surface area contributed by atoms with Gasteiger partial charge in [0, 0.05) is 55.4 Å². The number of nitrogens with zero attached hydrogens (tertiary/aromatic N) is 5. The van der Waals surface area contributed by atoms with Gasteiger partial charge < -0.3 is 9.47 Å². The lowest BCUT2D eigenvalue weighted by atomic mass is 9.96. The average Bonchev–Trinajstić information content (AvgIpc) is 3.28. The molecule has 1 fully saturated rings. The Morgan fingerprint density at radius 1 is 1.33 bits per heavy atom. The lowest BCUT2D eigenvalue weighted by Crippen LogP contribution is -2.42. The monoisotopic (exact) mass is 368 g/mol. The lowest BCUT2D eigenvalue weighted by Gasteiger charge is -2.33. The number of fused-ring (bicyclic) bond motifs is 1. The van der Waals surface area contributed by atoms with Crippen molar-refractivity contribution in [3.05, 3.63) is 52.1 Å². The van der Waals surface area contributed by atoms with E-state index in [0.717, 1.165) is 24.4 Å². The van der Waals surface area contributed by atoms with Gasteiger partial charge in [-0.25, -0.2) is 14.5 Å². The molecule has 1 amide bonds. The van der Waals surface area contributed by atoms with Crippen LogP contribution in [0.4, 0.5) is 0 Å². The van der Waals surface area contributed by atoms with Gasteiger partial charge in [0.1, 0.15) is 11.4 Å². The molecule has 1 aliphatic rings. The Hall–Kier alpha value is -2.90. The van der Waals surface area contributed by atoms with Crippen molar-refractivity contribution in [2.24, 2.45) is 0 Å². The molecule has 0 aromatic carbocycles. The number of aryl methyl sites for hydroxylation is 1. The number of imidazole rings is 1. The highest BCUT2D eigenvalue weighted by Crippen LogP contribution is 2.28. The molecule has 8 heteroatoms. The van der Waals surface area contributed by atoms with Crippen LogP contribution in [0.25, 0.3) is 5.65 Å². The van der Waals surface area contributed by atoms with Crippen molar-refractivity contribution in [1.82, 2.24) is 29.0 Å². The maximum Gasteiger partial charge on any atom is 0.285 e. The number of nitrogens with one attached hydrogen (secondary N) is 1. The Labute approximate surface area is 156 Å². The van der Waals surface area contributed by atoms with Crippen molar-refractivity contribution in [2.45, 2.75) is 45.6 Å². The molecule has 1 unspecified atom stereocenters. The molecule has 1 N–H and O–H groups in total. The van der Waals surface area contributed by atoms with Crippen molar-refractivity contribution < 1.29 is 4.79 Å². The summed E-state index contributed by atoms with van der Waals surface area (Å²) in [4.78, 5) is 36.3. The molecule has 0 radical (unpaired) electrons. The standard InChI is InChI=1S/C19H24N6O2/c1-12(2)24-8-6-20-17(24)14-5-4-7-23(11-14)18(26)15-10-21-16-9-13(3)22-25(16)19(15)27/h6,8-10,12,14,22H,4-5,7,11H2,1-3H3. The smallest absolute Gasteiger partial charge is 0.285 e. The molecule has 0 spiro atoms. The van der Waals surface area contributed by atoms with Gasteiger partial charge in [0.25, 0.3) is 11.5 Å². The summed E-state index contributed by atoms with van der Waals surface area (Å²) in [6.45, 7) is 7.30. The van der Waals surface area contributed by atoms with Crippen LogP contribution < -0.4 is 5.56 Å². The highest BCUT2D eigenvalue weighted by molar-refractivity contribution is 5.93. The van der Waals surface area contributed by atoms with Crippen LogP contribution >= 0.6 is 0 Å². The van der Waals surface area contributed by atoms with E-state index in [1.54, 1.807) is 11.0 Å². The van der Waals surface area contributed by atoms with E-state index in [0.29, 0.717) is 24.8 Å². The molecule has 142 valence electrons. The van der Waals surface area contributed by atoms with E-state index in [1.807, 2.05) is 19.3 Å². The van der Waals surface area contributed by atoms with Crippen molar-refractivity contribution in [3.63, 3.8) is 0 Å². The largest absolute Gasteiger partial charge is 0.338 e. The second kappa shape index (κ2) is 6.68. The third kappa shape index (κ3) is 3.05. The van der Waals surface area contributed by atoms with Gasteiger partial charge in [-0.15, -0.1) is 0 Å². The molecule has 0 bridgehead atoms. The van der Waals surface area contributed by atoms with Crippen LogP contribution in [0.2, 0.25) is 0 Å². The molecule has 1 atom stereocenters. The maximum absolute atomic E-state index is 13.0. The van der Waals surface area contributed by atoms with Crippen LogP contribution in [-0.2, 0) is 0 Å². The predicted molar refractivity (Wildman–Crippen MR) is 101 cm³/mol. The van der Waals surface area contributed by atoms with Crippen molar-refractivity contribution in [3.8, 4) is 0 Å².